The van der Waals surface area contributed by atoms with Gasteiger partial charge in [0, 0.05) is 25.7 Å². The molecule has 1 saturated carbocycles. The lowest BCUT2D eigenvalue weighted by Crippen LogP contribution is -2.42. The highest BCUT2D eigenvalue weighted by Crippen LogP contribution is 2.38. The van der Waals surface area contributed by atoms with Crippen molar-refractivity contribution in [1.29, 1.82) is 0 Å². The fourth-order valence-electron chi connectivity index (χ4n) is 2.92. The molecule has 2 rings (SSSR count). The molecule has 0 spiro atoms. The van der Waals surface area contributed by atoms with Crippen LogP contribution in [0.1, 0.15) is 52.9 Å². The van der Waals surface area contributed by atoms with Gasteiger partial charge in [-0.05, 0) is 44.4 Å². The molecule has 0 aromatic rings. The predicted octanol–water partition coefficient (Wildman–Crippen LogP) is 1.97. The zero-order chi connectivity index (χ0) is 14.1. The van der Waals surface area contributed by atoms with Gasteiger partial charge in [-0.3, -0.25) is 0 Å². The van der Waals surface area contributed by atoms with Crippen LogP contribution in [0, 0.1) is 5.41 Å². The summed E-state index contributed by atoms with van der Waals surface area (Å²) in [4.78, 5) is 0. The zero-order valence-corrected chi connectivity index (χ0v) is 13.3. The summed E-state index contributed by atoms with van der Waals surface area (Å²) in [5, 5.41) is 3.02. The molecular weight excluding hydrogens is 260 g/mol. The Bertz CT molecular complexity index is 400. The van der Waals surface area contributed by atoms with Crippen molar-refractivity contribution in [3.63, 3.8) is 0 Å². The maximum absolute atomic E-state index is 12.6. The minimum Gasteiger partial charge on any atom is -0.313 e. The van der Waals surface area contributed by atoms with Crippen LogP contribution in [0.25, 0.3) is 0 Å². The molecule has 1 unspecified atom stereocenters. The van der Waals surface area contributed by atoms with E-state index in [1.807, 2.05) is 6.92 Å². The Balaban J connectivity index is 1.95. The number of nitrogens with zero attached hydrogens (tertiary/aromatic N) is 1. The van der Waals surface area contributed by atoms with Gasteiger partial charge in [0.25, 0.3) is 0 Å². The normalized spacial score (nSPS) is 25.6. The van der Waals surface area contributed by atoms with E-state index in [4.69, 9.17) is 0 Å². The molecule has 0 aromatic heterocycles. The van der Waals surface area contributed by atoms with Crippen LogP contribution in [0.4, 0.5) is 0 Å². The van der Waals surface area contributed by atoms with E-state index in [1.54, 1.807) is 4.31 Å². The van der Waals surface area contributed by atoms with Crippen LogP contribution in [0.5, 0.6) is 0 Å². The lowest BCUT2D eigenvalue weighted by molar-refractivity contribution is 0.279. The van der Waals surface area contributed by atoms with E-state index in [2.05, 4.69) is 19.2 Å². The van der Waals surface area contributed by atoms with E-state index in [1.165, 1.54) is 12.8 Å². The second-order valence-electron chi connectivity index (χ2n) is 6.33. The van der Waals surface area contributed by atoms with E-state index < -0.39 is 10.0 Å². The van der Waals surface area contributed by atoms with Crippen molar-refractivity contribution in [3.05, 3.63) is 0 Å². The van der Waals surface area contributed by atoms with Crippen LogP contribution in [0.15, 0.2) is 0 Å². The van der Waals surface area contributed by atoms with E-state index in [0.29, 0.717) is 19.1 Å². The molecule has 0 amide bonds. The van der Waals surface area contributed by atoms with Gasteiger partial charge < -0.3 is 5.32 Å². The fourth-order valence-corrected chi connectivity index (χ4v) is 4.53. The van der Waals surface area contributed by atoms with Crippen molar-refractivity contribution < 1.29 is 8.42 Å². The van der Waals surface area contributed by atoms with Crippen LogP contribution in [0.2, 0.25) is 0 Å². The summed E-state index contributed by atoms with van der Waals surface area (Å²) < 4.78 is 26.9. The number of nitrogens with one attached hydrogen (secondary N) is 1. The average Bonchev–Trinajstić information content (AvgIpc) is 3.12. The van der Waals surface area contributed by atoms with E-state index in [-0.39, 0.29) is 10.7 Å². The highest BCUT2D eigenvalue weighted by molar-refractivity contribution is 7.89. The molecule has 19 heavy (non-hydrogen) atoms. The van der Waals surface area contributed by atoms with Gasteiger partial charge in [0.15, 0.2) is 0 Å². The van der Waals surface area contributed by atoms with E-state index >= 15 is 0 Å². The smallest absolute Gasteiger partial charge is 0.217 e. The summed E-state index contributed by atoms with van der Waals surface area (Å²) in [6.45, 7) is 8.21. The lowest BCUT2D eigenvalue weighted by atomic mass is 9.82. The molecule has 1 aliphatic heterocycles. The number of hydrogen-bond acceptors (Lipinski definition) is 3. The predicted molar refractivity (Wildman–Crippen MR) is 78.6 cm³/mol. The van der Waals surface area contributed by atoms with Crippen LogP contribution in [-0.2, 0) is 10.0 Å². The quantitative estimate of drug-likeness (QED) is 0.779. The minimum atomic E-state index is -3.13. The third kappa shape index (κ3) is 3.31. The summed E-state index contributed by atoms with van der Waals surface area (Å²) in [7, 11) is -3.13. The van der Waals surface area contributed by atoms with Gasteiger partial charge in [0.05, 0.1) is 5.25 Å². The Kier molecular flexibility index (Phi) is 4.58. The summed E-state index contributed by atoms with van der Waals surface area (Å²) in [6.07, 6.45) is 5.56. The molecular formula is C14H28N2O2S. The summed E-state index contributed by atoms with van der Waals surface area (Å²) >= 11 is 0. The van der Waals surface area contributed by atoms with Crippen molar-refractivity contribution >= 4 is 10.0 Å². The van der Waals surface area contributed by atoms with Gasteiger partial charge in [-0.25, -0.2) is 12.7 Å². The second-order valence-corrected chi connectivity index (χ2v) is 8.68. The van der Waals surface area contributed by atoms with Gasteiger partial charge in [-0.15, -0.1) is 0 Å². The van der Waals surface area contributed by atoms with Crippen molar-refractivity contribution in [2.75, 3.05) is 19.6 Å². The molecule has 2 fully saturated rings. The summed E-state index contributed by atoms with van der Waals surface area (Å²) in [5.74, 6) is 0. The fraction of sp³-hybridized carbons (Fsp3) is 1.00. The van der Waals surface area contributed by atoms with Gasteiger partial charge in [-0.1, -0.05) is 13.8 Å². The largest absolute Gasteiger partial charge is 0.313 e. The zero-order valence-electron chi connectivity index (χ0n) is 12.5. The van der Waals surface area contributed by atoms with Gasteiger partial charge >= 0.3 is 0 Å². The number of sulfonamides is 1. The first-order valence-corrected chi connectivity index (χ1v) is 9.16. The Morgan fingerprint density at radius 3 is 2.42 bits per heavy atom. The Hall–Kier alpha value is -0.130. The monoisotopic (exact) mass is 288 g/mol. The maximum Gasteiger partial charge on any atom is 0.217 e. The van der Waals surface area contributed by atoms with Crippen molar-refractivity contribution in [2.45, 2.75) is 64.2 Å². The van der Waals surface area contributed by atoms with Crippen LogP contribution >= 0.6 is 0 Å². The molecule has 2 aliphatic rings. The molecule has 1 aliphatic carbocycles. The second kappa shape index (κ2) is 5.70. The summed E-state index contributed by atoms with van der Waals surface area (Å²) in [6, 6.07) is 0.571. The van der Waals surface area contributed by atoms with E-state index in [0.717, 1.165) is 25.8 Å². The molecule has 1 heterocycles. The molecule has 0 bridgehead atoms. The van der Waals surface area contributed by atoms with Crippen LogP contribution in [-0.4, -0.2) is 43.6 Å². The first-order chi connectivity index (χ1) is 8.93. The Labute approximate surface area is 118 Å². The molecule has 1 saturated heterocycles. The molecule has 5 heteroatoms. The molecule has 1 N–H and O–H groups in total. The minimum absolute atomic E-state index is 0.219. The first-order valence-electron chi connectivity index (χ1n) is 7.66. The molecule has 112 valence electrons. The van der Waals surface area contributed by atoms with Gasteiger partial charge in [0.2, 0.25) is 10.0 Å². The standard InChI is InChI=1S/C14H28N2O2S/c1-4-14(5-2)8-9-16(11-14)19(17,18)12(3)10-15-13-6-7-13/h12-13,15H,4-11H2,1-3H3. The Morgan fingerprint density at radius 1 is 1.32 bits per heavy atom. The van der Waals surface area contributed by atoms with Crippen molar-refractivity contribution in [1.82, 2.24) is 9.62 Å². The number of hydrogen-bond donors (Lipinski definition) is 1. The van der Waals surface area contributed by atoms with Gasteiger partial charge in [-0.2, -0.15) is 0 Å². The molecule has 0 aromatic carbocycles. The average molecular weight is 288 g/mol. The SMILES string of the molecule is CCC1(CC)CCN(S(=O)(=O)C(C)CNC2CC2)C1. The van der Waals surface area contributed by atoms with Crippen molar-refractivity contribution in [3.8, 4) is 0 Å². The Morgan fingerprint density at radius 2 is 1.95 bits per heavy atom. The third-order valence-corrected chi connectivity index (χ3v) is 7.26. The third-order valence-electron chi connectivity index (χ3n) is 5.04. The number of rotatable bonds is 7. The molecule has 4 nitrogen and oxygen atoms in total. The topological polar surface area (TPSA) is 49.4 Å². The van der Waals surface area contributed by atoms with Crippen molar-refractivity contribution in [2.24, 2.45) is 5.41 Å². The van der Waals surface area contributed by atoms with E-state index in [9.17, 15) is 8.42 Å². The molecule has 1 atom stereocenters. The van der Waals surface area contributed by atoms with Crippen LogP contribution < -0.4 is 5.32 Å². The highest BCUT2D eigenvalue weighted by Gasteiger charge is 2.41. The molecule has 0 radical (unpaired) electrons. The maximum atomic E-state index is 12.6. The lowest BCUT2D eigenvalue weighted by Gasteiger charge is -2.27. The first kappa shape index (κ1) is 15.3. The summed E-state index contributed by atoms with van der Waals surface area (Å²) in [5.41, 5.74) is 0.219. The highest BCUT2D eigenvalue weighted by atomic mass is 32.2. The van der Waals surface area contributed by atoms with Gasteiger partial charge in [0.1, 0.15) is 0 Å². The van der Waals surface area contributed by atoms with Crippen LogP contribution in [0.3, 0.4) is 0 Å².